The molecule has 1 heterocycles. The van der Waals surface area contributed by atoms with Crippen molar-refractivity contribution >= 4 is 41.5 Å². The van der Waals surface area contributed by atoms with Crippen molar-refractivity contribution in [1.82, 2.24) is 10.2 Å². The fourth-order valence-electron chi connectivity index (χ4n) is 3.21. The molecule has 7 heteroatoms. The summed E-state index contributed by atoms with van der Waals surface area (Å²) in [5, 5.41) is 5.76. The van der Waals surface area contributed by atoms with Crippen LogP contribution in [-0.2, 0) is 4.79 Å². The number of aliphatic imine (C=N–C) groups is 1. The van der Waals surface area contributed by atoms with Gasteiger partial charge in [0, 0.05) is 31.7 Å². The second-order valence-corrected chi connectivity index (χ2v) is 6.30. The lowest BCUT2D eigenvalue weighted by atomic mass is 9.99. The molecule has 1 saturated heterocycles. The number of likely N-dealkylation sites (tertiary alicyclic amines) is 1. The lowest BCUT2D eigenvalue weighted by Gasteiger charge is -2.21. The number of benzene rings is 2. The third-order valence-electron chi connectivity index (χ3n) is 4.49. The maximum absolute atomic E-state index is 13.2. The summed E-state index contributed by atoms with van der Waals surface area (Å²) in [6.07, 6.45) is 1.06. The number of halogens is 2. The zero-order chi connectivity index (χ0) is 18.4. The second kappa shape index (κ2) is 10.2. The van der Waals surface area contributed by atoms with Gasteiger partial charge in [-0.2, -0.15) is 0 Å². The van der Waals surface area contributed by atoms with Gasteiger partial charge in [0.25, 0.3) is 0 Å². The van der Waals surface area contributed by atoms with Gasteiger partial charge in [-0.25, -0.2) is 4.39 Å². The number of rotatable bonds is 4. The van der Waals surface area contributed by atoms with Crippen LogP contribution in [0.4, 0.5) is 10.1 Å². The lowest BCUT2D eigenvalue weighted by Crippen LogP contribution is -2.43. The van der Waals surface area contributed by atoms with E-state index in [1.54, 1.807) is 19.2 Å². The van der Waals surface area contributed by atoms with Crippen LogP contribution in [0, 0.1) is 5.82 Å². The van der Waals surface area contributed by atoms with Gasteiger partial charge in [0.2, 0.25) is 5.91 Å². The second-order valence-electron chi connectivity index (χ2n) is 6.30. The van der Waals surface area contributed by atoms with Crippen molar-refractivity contribution in [3.63, 3.8) is 0 Å². The molecule has 0 spiro atoms. The van der Waals surface area contributed by atoms with Crippen molar-refractivity contribution < 1.29 is 9.18 Å². The van der Waals surface area contributed by atoms with Crippen LogP contribution in [0.25, 0.3) is 0 Å². The molecule has 1 aliphatic heterocycles. The Balaban J connectivity index is 0.00000261. The Morgan fingerprint density at radius 2 is 2.00 bits per heavy atom. The smallest absolute Gasteiger partial charge is 0.243 e. The van der Waals surface area contributed by atoms with Crippen LogP contribution < -0.4 is 10.6 Å². The van der Waals surface area contributed by atoms with Crippen LogP contribution in [0.5, 0.6) is 0 Å². The maximum Gasteiger partial charge on any atom is 0.243 e. The van der Waals surface area contributed by atoms with Gasteiger partial charge in [-0.3, -0.25) is 9.79 Å². The highest BCUT2D eigenvalue weighted by Crippen LogP contribution is 2.26. The molecule has 0 bridgehead atoms. The van der Waals surface area contributed by atoms with E-state index in [-0.39, 0.29) is 42.2 Å². The minimum absolute atomic E-state index is 0. The zero-order valence-corrected chi connectivity index (χ0v) is 17.5. The van der Waals surface area contributed by atoms with Gasteiger partial charge in [0.05, 0.1) is 6.54 Å². The standard InChI is InChI=1S/C20H23FN4O.HI/c1-22-20(23-13-19(26)24-18-9-5-8-17(21)12-18)25-11-10-16(14-25)15-6-3-2-4-7-15;/h2-9,12,16H,10-11,13-14H2,1H3,(H,22,23)(H,24,26);1H. The Hall–Kier alpha value is -2.16. The molecule has 1 amide bonds. The minimum atomic E-state index is -0.379. The third kappa shape index (κ3) is 5.92. The molecule has 0 aromatic heterocycles. The molecule has 144 valence electrons. The number of nitrogens with zero attached hydrogens (tertiary/aromatic N) is 2. The van der Waals surface area contributed by atoms with Gasteiger partial charge >= 0.3 is 0 Å². The highest BCUT2D eigenvalue weighted by atomic mass is 127. The summed E-state index contributed by atoms with van der Waals surface area (Å²) in [6, 6.07) is 16.3. The van der Waals surface area contributed by atoms with Crippen molar-refractivity contribution in [2.24, 2.45) is 4.99 Å². The molecule has 3 rings (SSSR count). The molecule has 2 N–H and O–H groups in total. The monoisotopic (exact) mass is 482 g/mol. The van der Waals surface area contributed by atoms with Crippen LogP contribution in [0.3, 0.4) is 0 Å². The number of hydrogen-bond donors (Lipinski definition) is 2. The average Bonchev–Trinajstić information content (AvgIpc) is 3.13. The van der Waals surface area contributed by atoms with Crippen molar-refractivity contribution in [3.05, 3.63) is 66.0 Å². The van der Waals surface area contributed by atoms with E-state index in [9.17, 15) is 9.18 Å². The molecule has 1 unspecified atom stereocenters. The Morgan fingerprint density at radius 3 is 2.70 bits per heavy atom. The summed E-state index contributed by atoms with van der Waals surface area (Å²) < 4.78 is 13.2. The number of carbonyl (C=O) groups is 1. The first-order valence-corrected chi connectivity index (χ1v) is 8.71. The van der Waals surface area contributed by atoms with Gasteiger partial charge in [0.1, 0.15) is 5.82 Å². The number of anilines is 1. The number of carbonyl (C=O) groups excluding carboxylic acids is 1. The molecule has 1 atom stereocenters. The summed E-state index contributed by atoms with van der Waals surface area (Å²) in [4.78, 5) is 18.5. The molecule has 1 aliphatic rings. The molecule has 27 heavy (non-hydrogen) atoms. The first-order valence-electron chi connectivity index (χ1n) is 8.71. The highest BCUT2D eigenvalue weighted by Gasteiger charge is 2.26. The van der Waals surface area contributed by atoms with Crippen molar-refractivity contribution in [2.45, 2.75) is 12.3 Å². The van der Waals surface area contributed by atoms with E-state index in [1.165, 1.54) is 17.7 Å². The predicted octanol–water partition coefficient (Wildman–Crippen LogP) is 3.45. The fourth-order valence-corrected chi connectivity index (χ4v) is 3.21. The quantitative estimate of drug-likeness (QED) is 0.399. The molecule has 2 aromatic rings. The van der Waals surface area contributed by atoms with E-state index in [2.05, 4.69) is 44.8 Å². The molecule has 0 aliphatic carbocycles. The summed E-state index contributed by atoms with van der Waals surface area (Å²) >= 11 is 0. The molecule has 1 fully saturated rings. The number of nitrogens with one attached hydrogen (secondary N) is 2. The topological polar surface area (TPSA) is 56.7 Å². The van der Waals surface area contributed by atoms with Crippen LogP contribution in [0.1, 0.15) is 17.9 Å². The molecule has 2 aromatic carbocycles. The first kappa shape index (κ1) is 21.1. The molecule has 5 nitrogen and oxygen atoms in total. The van der Waals surface area contributed by atoms with Gasteiger partial charge < -0.3 is 15.5 Å². The van der Waals surface area contributed by atoms with Crippen molar-refractivity contribution in [2.75, 3.05) is 32.0 Å². The van der Waals surface area contributed by atoms with E-state index in [0.717, 1.165) is 19.5 Å². The average molecular weight is 482 g/mol. The summed E-state index contributed by atoms with van der Waals surface area (Å²) in [5.41, 5.74) is 1.77. The number of hydrogen-bond acceptors (Lipinski definition) is 2. The summed E-state index contributed by atoms with van der Waals surface area (Å²) in [5.74, 6) is 0.555. The minimum Gasteiger partial charge on any atom is -0.347 e. The van der Waals surface area contributed by atoms with Gasteiger partial charge in [0.15, 0.2) is 5.96 Å². The maximum atomic E-state index is 13.2. The third-order valence-corrected chi connectivity index (χ3v) is 4.49. The van der Waals surface area contributed by atoms with E-state index >= 15 is 0 Å². The van der Waals surface area contributed by atoms with Gasteiger partial charge in [-0.15, -0.1) is 24.0 Å². The van der Waals surface area contributed by atoms with E-state index in [4.69, 9.17) is 0 Å². The van der Waals surface area contributed by atoms with E-state index in [1.807, 2.05) is 6.07 Å². The molecule has 0 radical (unpaired) electrons. The Bertz CT molecular complexity index is 785. The largest absolute Gasteiger partial charge is 0.347 e. The number of guanidine groups is 1. The first-order chi connectivity index (χ1) is 12.7. The van der Waals surface area contributed by atoms with Crippen LogP contribution in [0.2, 0.25) is 0 Å². The van der Waals surface area contributed by atoms with Gasteiger partial charge in [-0.1, -0.05) is 36.4 Å². The Morgan fingerprint density at radius 1 is 1.22 bits per heavy atom. The molecular formula is C20H24FIN4O. The van der Waals surface area contributed by atoms with E-state index in [0.29, 0.717) is 17.6 Å². The van der Waals surface area contributed by atoms with Crippen LogP contribution in [0.15, 0.2) is 59.6 Å². The zero-order valence-electron chi connectivity index (χ0n) is 15.2. The van der Waals surface area contributed by atoms with Crippen molar-refractivity contribution in [1.29, 1.82) is 0 Å². The SMILES string of the molecule is CN=C(NCC(=O)Nc1cccc(F)c1)N1CCC(c2ccccc2)C1.I. The Labute approximate surface area is 176 Å². The number of amides is 1. The normalized spacial score (nSPS) is 16.6. The van der Waals surface area contributed by atoms with Crippen molar-refractivity contribution in [3.8, 4) is 0 Å². The predicted molar refractivity (Wildman–Crippen MR) is 117 cm³/mol. The summed E-state index contributed by atoms with van der Waals surface area (Å²) in [6.45, 7) is 1.84. The van der Waals surface area contributed by atoms with Gasteiger partial charge in [-0.05, 0) is 30.2 Å². The van der Waals surface area contributed by atoms with Crippen LogP contribution in [-0.4, -0.2) is 43.4 Å². The van der Waals surface area contributed by atoms with E-state index < -0.39 is 0 Å². The fraction of sp³-hybridized carbons (Fsp3) is 0.300. The molecular weight excluding hydrogens is 458 g/mol. The van der Waals surface area contributed by atoms with Crippen LogP contribution >= 0.6 is 24.0 Å². The lowest BCUT2D eigenvalue weighted by molar-refractivity contribution is -0.115. The highest BCUT2D eigenvalue weighted by molar-refractivity contribution is 14.0. The summed E-state index contributed by atoms with van der Waals surface area (Å²) in [7, 11) is 1.71. The molecule has 0 saturated carbocycles. The Kier molecular flexibility index (Phi) is 8.02.